The van der Waals surface area contributed by atoms with E-state index in [0.29, 0.717) is 0 Å². The number of Topliss-reactive ketones (excluding diaryl/α,β-unsaturated/α-hetero) is 1. The molecule has 202 valence electrons. The van der Waals surface area contributed by atoms with Crippen LogP contribution in [-0.2, 0) is 14.4 Å². The molecule has 5 heteroatoms. The molecular weight excluding hydrogens is 472 g/mol. The highest BCUT2D eigenvalue weighted by Crippen LogP contribution is 2.73. The largest absolute Gasteiger partial charge is 0.340 e. The first-order chi connectivity index (χ1) is 17.5. The molecule has 0 unspecified atom stereocenters. The zero-order valence-electron chi connectivity index (χ0n) is 24.1. The van der Waals surface area contributed by atoms with Crippen LogP contribution < -0.4 is 5.32 Å². The van der Waals surface area contributed by atoms with Crippen LogP contribution in [-0.4, -0.2) is 23.0 Å². The number of hydrogen-bond donors (Lipinski definition) is 1. The molecular formula is C33H42N2O3. The fourth-order valence-corrected chi connectivity index (χ4v) is 10.1. The number of ketones is 2. The zero-order valence-corrected chi connectivity index (χ0v) is 24.1. The van der Waals surface area contributed by atoms with Crippen molar-refractivity contribution in [1.82, 2.24) is 5.32 Å². The monoisotopic (exact) mass is 514 g/mol. The van der Waals surface area contributed by atoms with Crippen LogP contribution in [0.1, 0.15) is 93.4 Å². The fourth-order valence-electron chi connectivity index (χ4n) is 10.1. The summed E-state index contributed by atoms with van der Waals surface area (Å²) in [7, 11) is 0. The second-order valence-corrected chi connectivity index (χ2v) is 15.0. The van der Waals surface area contributed by atoms with E-state index in [9.17, 15) is 14.4 Å². The van der Waals surface area contributed by atoms with Crippen LogP contribution in [0.25, 0.3) is 4.85 Å². The van der Waals surface area contributed by atoms with Crippen molar-refractivity contribution in [2.45, 2.75) is 99.0 Å². The van der Waals surface area contributed by atoms with Crippen molar-refractivity contribution in [2.24, 2.45) is 44.8 Å². The number of fused-ring (bicyclic) bond motifs is 7. The van der Waals surface area contributed by atoms with E-state index in [2.05, 4.69) is 50.7 Å². The van der Waals surface area contributed by atoms with E-state index in [1.54, 1.807) is 0 Å². The average molecular weight is 515 g/mol. The van der Waals surface area contributed by atoms with Crippen molar-refractivity contribution in [3.63, 3.8) is 0 Å². The lowest BCUT2D eigenvalue weighted by molar-refractivity contribution is -0.163. The molecule has 3 fully saturated rings. The lowest BCUT2D eigenvalue weighted by Gasteiger charge is -2.69. The summed E-state index contributed by atoms with van der Waals surface area (Å²) >= 11 is 0. The number of carbonyl (C=O) groups excluding carboxylic acids is 3. The summed E-state index contributed by atoms with van der Waals surface area (Å²) < 4.78 is 0. The van der Waals surface area contributed by atoms with Gasteiger partial charge in [-0.15, -0.1) is 6.42 Å². The smallest absolute Gasteiger partial charge is 0.296 e. The van der Waals surface area contributed by atoms with Crippen molar-refractivity contribution < 1.29 is 14.4 Å². The second kappa shape index (κ2) is 7.94. The zero-order chi connectivity index (χ0) is 28.1. The Balaban J connectivity index is 1.69. The van der Waals surface area contributed by atoms with Crippen LogP contribution >= 0.6 is 0 Å². The maximum atomic E-state index is 14.4. The summed E-state index contributed by atoms with van der Waals surface area (Å²) in [6.45, 7) is 23.0. The summed E-state index contributed by atoms with van der Waals surface area (Å²) in [5.41, 5.74) is -0.855. The minimum atomic E-state index is -0.666. The maximum absolute atomic E-state index is 14.4. The highest BCUT2D eigenvalue weighted by molar-refractivity contribution is 6.03. The Morgan fingerprint density at radius 1 is 1.05 bits per heavy atom. The summed E-state index contributed by atoms with van der Waals surface area (Å²) in [5, 5.41) is 3.23. The number of terminal acetylenes is 1. The van der Waals surface area contributed by atoms with Gasteiger partial charge in [-0.25, -0.2) is 4.85 Å². The Morgan fingerprint density at radius 2 is 1.71 bits per heavy atom. The Kier molecular flexibility index (Phi) is 5.63. The molecule has 0 aromatic rings. The number of nitrogens with one attached hydrogen (secondary N) is 1. The third kappa shape index (κ3) is 3.27. The normalized spacial score (nSPS) is 44.5. The van der Waals surface area contributed by atoms with E-state index in [-0.39, 0.29) is 57.2 Å². The van der Waals surface area contributed by atoms with Crippen molar-refractivity contribution in [3.8, 4) is 12.3 Å². The molecule has 0 spiro atoms. The summed E-state index contributed by atoms with van der Waals surface area (Å²) in [4.78, 5) is 43.8. The van der Waals surface area contributed by atoms with Crippen LogP contribution in [0.3, 0.4) is 0 Å². The van der Waals surface area contributed by atoms with Crippen molar-refractivity contribution in [3.05, 3.63) is 34.8 Å². The standard InChI is InChI=1S/C33H42N2O3/c1-10-25(37)35-33-15-13-28(2,3)18-20(33)26-22(36)17-24-30(6)19-21(34-9)27(38)29(4,5)23(30)11-12-31(24,7)32(26,8)14-16-33/h1,17,19-20,23,26H,11-16,18H2,2-8H3,(H,35,37)/t20-,23-,26-,30-,31+,32+,33-/m0/s1. The quantitative estimate of drug-likeness (QED) is 0.342. The molecule has 0 radical (unpaired) electrons. The first-order valence-electron chi connectivity index (χ1n) is 14.2. The number of nitrogens with zero attached hydrogens (tertiary/aromatic N) is 1. The van der Waals surface area contributed by atoms with Gasteiger partial charge in [0.25, 0.3) is 5.91 Å². The molecule has 5 aliphatic rings. The van der Waals surface area contributed by atoms with E-state index in [1.165, 1.54) is 0 Å². The van der Waals surface area contributed by atoms with Gasteiger partial charge in [-0.3, -0.25) is 9.59 Å². The number of carbonyl (C=O) groups is 3. The third-order valence-corrected chi connectivity index (χ3v) is 12.3. The molecule has 0 aromatic heterocycles. The summed E-state index contributed by atoms with van der Waals surface area (Å²) in [6.07, 6.45) is 15.4. The molecule has 5 rings (SSSR count). The Morgan fingerprint density at radius 3 is 2.34 bits per heavy atom. The van der Waals surface area contributed by atoms with Gasteiger partial charge in [-0.2, -0.15) is 0 Å². The minimum Gasteiger partial charge on any atom is -0.340 e. The van der Waals surface area contributed by atoms with Gasteiger partial charge in [0.05, 0.1) is 6.57 Å². The Bertz CT molecular complexity index is 1290. The first-order valence-corrected chi connectivity index (χ1v) is 14.2. The second-order valence-electron chi connectivity index (χ2n) is 15.0. The van der Waals surface area contributed by atoms with Crippen molar-refractivity contribution >= 4 is 17.5 Å². The molecule has 3 saturated carbocycles. The van der Waals surface area contributed by atoms with Crippen LogP contribution in [0.2, 0.25) is 0 Å². The lowest BCUT2D eigenvalue weighted by atomic mass is 9.35. The molecule has 0 bridgehead atoms. The molecule has 5 aliphatic carbocycles. The van der Waals surface area contributed by atoms with Crippen LogP contribution in [0.15, 0.2) is 23.4 Å². The topological polar surface area (TPSA) is 67.6 Å². The van der Waals surface area contributed by atoms with Crippen molar-refractivity contribution in [1.29, 1.82) is 0 Å². The van der Waals surface area contributed by atoms with Gasteiger partial charge in [-0.05, 0) is 85.0 Å². The Hall–Kier alpha value is -2.66. The van der Waals surface area contributed by atoms with Gasteiger partial charge < -0.3 is 10.1 Å². The maximum Gasteiger partial charge on any atom is 0.296 e. The van der Waals surface area contributed by atoms with Gasteiger partial charge >= 0.3 is 0 Å². The molecule has 0 aromatic carbocycles. The van der Waals surface area contributed by atoms with Crippen molar-refractivity contribution in [2.75, 3.05) is 0 Å². The number of allylic oxidation sites excluding steroid dienone is 4. The predicted octanol–water partition coefficient (Wildman–Crippen LogP) is 6.06. The van der Waals surface area contributed by atoms with E-state index in [0.717, 1.165) is 50.5 Å². The molecule has 0 heterocycles. The van der Waals surface area contributed by atoms with Gasteiger partial charge in [0, 0.05) is 22.3 Å². The van der Waals surface area contributed by atoms with Crippen LogP contribution in [0.5, 0.6) is 0 Å². The minimum absolute atomic E-state index is 0.00803. The van der Waals surface area contributed by atoms with E-state index in [4.69, 9.17) is 13.0 Å². The molecule has 7 atom stereocenters. The Labute approximate surface area is 228 Å². The molecule has 0 aliphatic heterocycles. The van der Waals surface area contributed by atoms with Crippen LogP contribution in [0, 0.1) is 63.7 Å². The number of amides is 1. The number of rotatable bonds is 1. The highest BCUT2D eigenvalue weighted by Gasteiger charge is 2.69. The summed E-state index contributed by atoms with van der Waals surface area (Å²) in [5.74, 6) is 1.75. The SMILES string of the molecule is [C-]#[N+]C1=C[C@]2(C)C3=CC(=O)[C@@H]4[C@@H]5CC(C)(C)CC[C@]5(NC(=O)C#C)CC[C@@]4(C)[C@]3(C)CC[C@H]2C(C)(C)C1=O. The molecule has 0 saturated heterocycles. The lowest BCUT2D eigenvalue weighted by Crippen LogP contribution is -2.69. The van der Waals surface area contributed by atoms with Gasteiger partial charge in [0.2, 0.25) is 5.70 Å². The molecule has 1 N–H and O–H groups in total. The van der Waals surface area contributed by atoms with Gasteiger partial charge in [0.15, 0.2) is 11.6 Å². The first kappa shape index (κ1) is 26.9. The van der Waals surface area contributed by atoms with E-state index in [1.807, 2.05) is 26.0 Å². The van der Waals surface area contributed by atoms with Gasteiger partial charge in [-0.1, -0.05) is 60.1 Å². The molecule has 38 heavy (non-hydrogen) atoms. The highest BCUT2D eigenvalue weighted by atomic mass is 16.2. The molecule has 5 nitrogen and oxygen atoms in total. The average Bonchev–Trinajstić information content (AvgIpc) is 2.83. The number of hydrogen-bond acceptors (Lipinski definition) is 3. The predicted molar refractivity (Wildman–Crippen MR) is 147 cm³/mol. The van der Waals surface area contributed by atoms with Crippen LogP contribution in [0.4, 0.5) is 0 Å². The fraction of sp³-hybridized carbons (Fsp3) is 0.697. The van der Waals surface area contributed by atoms with E-state index < -0.39 is 16.4 Å². The van der Waals surface area contributed by atoms with Gasteiger partial charge in [0.1, 0.15) is 0 Å². The third-order valence-electron chi connectivity index (χ3n) is 12.3. The summed E-state index contributed by atoms with van der Waals surface area (Å²) in [6, 6.07) is 0. The molecule has 1 amide bonds. The van der Waals surface area contributed by atoms with E-state index >= 15 is 0 Å².